The lowest BCUT2D eigenvalue weighted by atomic mass is 9.95. The predicted octanol–water partition coefficient (Wildman–Crippen LogP) is 4.19. The molecule has 2 aromatic rings. The molecule has 1 N–H and O–H groups in total. The maximum Gasteiger partial charge on any atom is 0.267 e. The summed E-state index contributed by atoms with van der Waals surface area (Å²) in [7, 11) is 3.22. The van der Waals surface area contributed by atoms with Crippen LogP contribution in [0.1, 0.15) is 49.4 Å². The van der Waals surface area contributed by atoms with Crippen molar-refractivity contribution in [3.05, 3.63) is 54.1 Å². The maximum atomic E-state index is 13.0. The van der Waals surface area contributed by atoms with Crippen LogP contribution in [0, 0.1) is 0 Å². The summed E-state index contributed by atoms with van der Waals surface area (Å²) in [6.45, 7) is 1.69. The van der Waals surface area contributed by atoms with Crippen LogP contribution in [-0.4, -0.2) is 38.1 Å². The number of amides is 2. The summed E-state index contributed by atoms with van der Waals surface area (Å²) in [5.41, 5.74) is 1.05. The molecule has 6 nitrogen and oxygen atoms in total. The molecule has 1 aliphatic rings. The van der Waals surface area contributed by atoms with Gasteiger partial charge in [-0.05, 0) is 44.0 Å². The Morgan fingerprint density at radius 3 is 2.33 bits per heavy atom. The van der Waals surface area contributed by atoms with Crippen molar-refractivity contribution in [3.8, 4) is 11.5 Å². The SMILES string of the molecule is COc1ccccc1OC(C)C(=O)N(C)c1ccccc1C(=O)NC1CCCCC1. The predicted molar refractivity (Wildman–Crippen MR) is 117 cm³/mol. The van der Waals surface area contributed by atoms with E-state index < -0.39 is 6.10 Å². The third-order valence-electron chi connectivity index (χ3n) is 5.50. The van der Waals surface area contributed by atoms with Gasteiger partial charge in [-0.2, -0.15) is 0 Å². The van der Waals surface area contributed by atoms with Crippen molar-refractivity contribution in [3.63, 3.8) is 0 Å². The van der Waals surface area contributed by atoms with Crippen molar-refractivity contribution in [1.29, 1.82) is 0 Å². The number of rotatable bonds is 7. The molecule has 160 valence electrons. The Hall–Kier alpha value is -3.02. The summed E-state index contributed by atoms with van der Waals surface area (Å²) in [5, 5.41) is 3.13. The van der Waals surface area contributed by atoms with Gasteiger partial charge in [0.15, 0.2) is 17.6 Å². The quantitative estimate of drug-likeness (QED) is 0.743. The first-order valence-corrected chi connectivity index (χ1v) is 10.5. The second-order valence-electron chi connectivity index (χ2n) is 7.63. The summed E-state index contributed by atoms with van der Waals surface area (Å²) in [6, 6.07) is 14.6. The van der Waals surface area contributed by atoms with Crippen LogP contribution in [0.15, 0.2) is 48.5 Å². The summed E-state index contributed by atoms with van der Waals surface area (Å²) in [5.74, 6) is 0.666. The first kappa shape index (κ1) is 21.7. The lowest BCUT2D eigenvalue weighted by Crippen LogP contribution is -2.40. The van der Waals surface area contributed by atoms with E-state index in [2.05, 4.69) is 5.32 Å². The lowest BCUT2D eigenvalue weighted by molar-refractivity contribution is -0.124. The number of likely N-dealkylation sites (N-methyl/N-ethyl adjacent to an activating group) is 1. The van der Waals surface area contributed by atoms with E-state index >= 15 is 0 Å². The number of nitrogens with one attached hydrogen (secondary N) is 1. The number of carbonyl (C=O) groups is 2. The molecule has 0 aromatic heterocycles. The highest BCUT2D eigenvalue weighted by Gasteiger charge is 2.25. The molecule has 1 unspecified atom stereocenters. The van der Waals surface area contributed by atoms with Gasteiger partial charge >= 0.3 is 0 Å². The van der Waals surface area contributed by atoms with Crippen molar-refractivity contribution in [2.45, 2.75) is 51.2 Å². The average Bonchev–Trinajstić information content (AvgIpc) is 2.79. The van der Waals surface area contributed by atoms with Crippen LogP contribution in [0.4, 0.5) is 5.69 Å². The highest BCUT2D eigenvalue weighted by Crippen LogP contribution is 2.28. The zero-order valence-electron chi connectivity index (χ0n) is 17.9. The zero-order valence-corrected chi connectivity index (χ0v) is 17.9. The van der Waals surface area contributed by atoms with E-state index in [9.17, 15) is 9.59 Å². The number of anilines is 1. The molecule has 30 heavy (non-hydrogen) atoms. The first-order chi connectivity index (χ1) is 14.5. The standard InChI is InChI=1S/C24H30N2O4/c1-17(30-22-16-10-9-15-21(22)29-3)24(28)26(2)20-14-8-7-13-19(20)23(27)25-18-11-5-4-6-12-18/h7-10,13-18H,4-6,11-12H2,1-3H3,(H,25,27). The van der Waals surface area contributed by atoms with Gasteiger partial charge in [0.05, 0.1) is 18.4 Å². The molecular formula is C24H30N2O4. The van der Waals surface area contributed by atoms with Gasteiger partial charge in [0.2, 0.25) is 0 Å². The van der Waals surface area contributed by atoms with Crippen molar-refractivity contribution >= 4 is 17.5 Å². The highest BCUT2D eigenvalue weighted by molar-refractivity contribution is 6.05. The normalized spacial score (nSPS) is 15.2. The minimum Gasteiger partial charge on any atom is -0.493 e. The molecule has 0 saturated heterocycles. The number of ether oxygens (including phenoxy) is 2. The Balaban J connectivity index is 1.73. The molecular weight excluding hydrogens is 380 g/mol. The molecule has 1 saturated carbocycles. The van der Waals surface area contributed by atoms with Gasteiger partial charge in [0, 0.05) is 13.1 Å². The van der Waals surface area contributed by atoms with Crippen LogP contribution in [0.2, 0.25) is 0 Å². The molecule has 0 aliphatic heterocycles. The molecule has 2 aromatic carbocycles. The number of methoxy groups -OCH3 is 1. The molecule has 1 atom stereocenters. The number of para-hydroxylation sites is 3. The van der Waals surface area contributed by atoms with Gasteiger partial charge in [0.25, 0.3) is 11.8 Å². The minimum atomic E-state index is -0.749. The third-order valence-corrected chi connectivity index (χ3v) is 5.50. The van der Waals surface area contributed by atoms with Gasteiger partial charge in [-0.1, -0.05) is 43.5 Å². The Morgan fingerprint density at radius 2 is 1.63 bits per heavy atom. The fourth-order valence-corrected chi connectivity index (χ4v) is 3.82. The van der Waals surface area contributed by atoms with Crippen LogP contribution in [0.5, 0.6) is 11.5 Å². The first-order valence-electron chi connectivity index (χ1n) is 10.5. The van der Waals surface area contributed by atoms with Crippen LogP contribution in [0.3, 0.4) is 0 Å². The lowest BCUT2D eigenvalue weighted by Gasteiger charge is -2.26. The van der Waals surface area contributed by atoms with Crippen LogP contribution >= 0.6 is 0 Å². The van der Waals surface area contributed by atoms with E-state index in [1.54, 1.807) is 45.3 Å². The maximum absolute atomic E-state index is 13.0. The number of carbonyl (C=O) groups excluding carboxylic acids is 2. The molecule has 0 heterocycles. The molecule has 1 fully saturated rings. The topological polar surface area (TPSA) is 67.9 Å². The highest BCUT2D eigenvalue weighted by atomic mass is 16.5. The molecule has 1 aliphatic carbocycles. The fraction of sp³-hybridized carbons (Fsp3) is 0.417. The average molecular weight is 411 g/mol. The molecule has 0 radical (unpaired) electrons. The Bertz CT molecular complexity index is 877. The number of hydrogen-bond donors (Lipinski definition) is 1. The van der Waals surface area contributed by atoms with Crippen molar-refractivity contribution in [2.24, 2.45) is 0 Å². The Morgan fingerprint density at radius 1 is 1.00 bits per heavy atom. The van der Waals surface area contributed by atoms with Crippen molar-refractivity contribution in [2.75, 3.05) is 19.1 Å². The number of hydrogen-bond acceptors (Lipinski definition) is 4. The Labute approximate surface area is 178 Å². The van der Waals surface area contributed by atoms with E-state index in [0.29, 0.717) is 22.7 Å². The fourth-order valence-electron chi connectivity index (χ4n) is 3.82. The smallest absolute Gasteiger partial charge is 0.267 e. The van der Waals surface area contributed by atoms with Crippen molar-refractivity contribution in [1.82, 2.24) is 5.32 Å². The van der Waals surface area contributed by atoms with E-state index in [0.717, 1.165) is 25.7 Å². The van der Waals surface area contributed by atoms with Crippen LogP contribution < -0.4 is 19.7 Å². The van der Waals surface area contributed by atoms with Gasteiger partial charge in [-0.25, -0.2) is 0 Å². The molecule has 6 heteroatoms. The number of benzene rings is 2. The third kappa shape index (κ3) is 5.12. The van der Waals surface area contributed by atoms with Crippen LogP contribution in [0.25, 0.3) is 0 Å². The van der Waals surface area contributed by atoms with Crippen LogP contribution in [-0.2, 0) is 4.79 Å². The van der Waals surface area contributed by atoms with E-state index in [1.807, 2.05) is 24.3 Å². The van der Waals surface area contributed by atoms with Gasteiger partial charge in [0.1, 0.15) is 0 Å². The molecule has 2 amide bonds. The summed E-state index contributed by atoms with van der Waals surface area (Å²) >= 11 is 0. The van der Waals surface area contributed by atoms with E-state index in [1.165, 1.54) is 11.3 Å². The van der Waals surface area contributed by atoms with Crippen molar-refractivity contribution < 1.29 is 19.1 Å². The molecule has 0 bridgehead atoms. The monoisotopic (exact) mass is 410 g/mol. The minimum absolute atomic E-state index is 0.143. The van der Waals surface area contributed by atoms with Gasteiger partial charge in [-0.3, -0.25) is 9.59 Å². The summed E-state index contributed by atoms with van der Waals surface area (Å²) < 4.78 is 11.1. The second-order valence-corrected chi connectivity index (χ2v) is 7.63. The van der Waals surface area contributed by atoms with Gasteiger partial charge < -0.3 is 19.7 Å². The summed E-state index contributed by atoms with van der Waals surface area (Å²) in [6.07, 6.45) is 4.77. The van der Waals surface area contributed by atoms with E-state index in [-0.39, 0.29) is 17.9 Å². The molecule has 3 rings (SSSR count). The summed E-state index contributed by atoms with van der Waals surface area (Å²) in [4.78, 5) is 27.4. The van der Waals surface area contributed by atoms with E-state index in [4.69, 9.17) is 9.47 Å². The Kier molecular flexibility index (Phi) is 7.33. The number of nitrogens with zero attached hydrogens (tertiary/aromatic N) is 1. The molecule has 0 spiro atoms. The zero-order chi connectivity index (χ0) is 21.5. The van der Waals surface area contributed by atoms with Gasteiger partial charge in [-0.15, -0.1) is 0 Å². The largest absolute Gasteiger partial charge is 0.493 e. The second kappa shape index (κ2) is 10.1.